The van der Waals surface area contributed by atoms with Gasteiger partial charge in [0.2, 0.25) is 5.91 Å². The minimum atomic E-state index is -0.879. The van der Waals surface area contributed by atoms with Crippen LogP contribution in [0.25, 0.3) is 0 Å². The Hall–Kier alpha value is -1.23. The summed E-state index contributed by atoms with van der Waals surface area (Å²) < 4.78 is 6.14. The highest BCUT2D eigenvalue weighted by Crippen LogP contribution is 2.45. The number of likely N-dealkylation sites (tertiary alicyclic amines) is 1. The van der Waals surface area contributed by atoms with Gasteiger partial charge in [0.25, 0.3) is 5.91 Å². The molecule has 1 atom stereocenters. The van der Waals surface area contributed by atoms with E-state index in [0.29, 0.717) is 37.4 Å². The second kappa shape index (κ2) is 9.31. The fourth-order valence-corrected chi connectivity index (χ4v) is 4.89. The van der Waals surface area contributed by atoms with Crippen molar-refractivity contribution < 1.29 is 24.5 Å². The van der Waals surface area contributed by atoms with Crippen LogP contribution in [-0.4, -0.2) is 72.4 Å². The molecule has 0 saturated carbocycles. The molecule has 1 aromatic heterocycles. The monoisotopic (exact) mass is 419 g/mol. The number of aliphatic hydroxyl groups excluding tert-OH is 2. The first-order valence-corrected chi connectivity index (χ1v) is 9.64. The van der Waals surface area contributed by atoms with Gasteiger partial charge in [0.1, 0.15) is 11.6 Å². The third-order valence-electron chi connectivity index (χ3n) is 4.99. The third kappa shape index (κ3) is 4.44. The Balaban J connectivity index is 0.00000261. The SMILES string of the molecule is Cl.N[C@@H](CO)C(=O)N1CCC2(CC1)OCCc1cc(C(=O)NCCO)sc12. The van der Waals surface area contributed by atoms with E-state index < -0.39 is 11.6 Å². The van der Waals surface area contributed by atoms with E-state index in [4.69, 9.17) is 20.7 Å². The van der Waals surface area contributed by atoms with Crippen molar-refractivity contribution in [3.8, 4) is 0 Å². The summed E-state index contributed by atoms with van der Waals surface area (Å²) in [6.45, 7) is 1.38. The number of amides is 2. The molecule has 0 radical (unpaired) electrons. The van der Waals surface area contributed by atoms with Gasteiger partial charge in [-0.25, -0.2) is 0 Å². The van der Waals surface area contributed by atoms with Gasteiger partial charge in [0.15, 0.2) is 0 Å². The number of piperidine rings is 1. The number of hydrogen-bond donors (Lipinski definition) is 4. The predicted molar refractivity (Wildman–Crippen MR) is 103 cm³/mol. The van der Waals surface area contributed by atoms with E-state index >= 15 is 0 Å². The van der Waals surface area contributed by atoms with Crippen molar-refractivity contribution in [2.24, 2.45) is 5.73 Å². The van der Waals surface area contributed by atoms with Crippen LogP contribution in [0.15, 0.2) is 6.07 Å². The van der Waals surface area contributed by atoms with E-state index in [1.54, 1.807) is 4.90 Å². The number of halogens is 1. The molecule has 0 aromatic carbocycles. The van der Waals surface area contributed by atoms with Gasteiger partial charge >= 0.3 is 0 Å². The zero-order chi connectivity index (χ0) is 18.7. The molecule has 1 aromatic rings. The van der Waals surface area contributed by atoms with Crippen LogP contribution in [0, 0.1) is 0 Å². The Morgan fingerprint density at radius 3 is 2.70 bits per heavy atom. The predicted octanol–water partition coefficient (Wildman–Crippen LogP) is -0.398. The standard InChI is InChI=1S/C17H25N3O5S.ClH/c18-12(10-22)16(24)20-5-2-17(3-6-20)14-11(1-8-25-17)9-13(26-14)15(23)19-4-7-21;/h9,12,21-22H,1-8,10,18H2,(H,19,23);1H/t12-;/m0./s1. The molecule has 152 valence electrons. The van der Waals surface area contributed by atoms with Gasteiger partial charge in [0, 0.05) is 24.5 Å². The number of nitrogens with one attached hydrogen (secondary N) is 1. The first kappa shape index (κ1) is 22.1. The van der Waals surface area contributed by atoms with Crippen LogP contribution in [0.1, 0.15) is 33.0 Å². The van der Waals surface area contributed by atoms with E-state index in [1.807, 2.05) is 6.07 Å². The zero-order valence-corrected chi connectivity index (χ0v) is 16.6. The molecular formula is C17H26ClN3O5S. The molecule has 8 nitrogen and oxygen atoms in total. The molecule has 2 amide bonds. The Bertz CT molecular complexity index is 676. The van der Waals surface area contributed by atoms with Crippen LogP contribution in [0.3, 0.4) is 0 Å². The largest absolute Gasteiger partial charge is 0.395 e. The summed E-state index contributed by atoms with van der Waals surface area (Å²) in [5, 5.41) is 20.6. The van der Waals surface area contributed by atoms with E-state index in [1.165, 1.54) is 11.3 Å². The lowest BCUT2D eigenvalue weighted by molar-refractivity contribution is -0.142. The molecule has 0 aliphatic carbocycles. The second-order valence-corrected chi connectivity index (χ2v) is 7.70. The number of rotatable bonds is 5. The summed E-state index contributed by atoms with van der Waals surface area (Å²) in [4.78, 5) is 27.7. The average molecular weight is 420 g/mol. The normalized spacial score (nSPS) is 19.1. The van der Waals surface area contributed by atoms with Gasteiger partial charge in [-0.2, -0.15) is 0 Å². The average Bonchev–Trinajstić information content (AvgIpc) is 3.11. The van der Waals surface area contributed by atoms with Crippen molar-refractivity contribution in [2.75, 3.05) is 39.5 Å². The molecular weight excluding hydrogens is 394 g/mol. The van der Waals surface area contributed by atoms with E-state index in [0.717, 1.165) is 16.9 Å². The van der Waals surface area contributed by atoms with Gasteiger partial charge in [-0.05, 0) is 30.9 Å². The minimum Gasteiger partial charge on any atom is -0.395 e. The maximum atomic E-state index is 12.2. The molecule has 1 saturated heterocycles. The van der Waals surface area contributed by atoms with Crippen LogP contribution < -0.4 is 11.1 Å². The van der Waals surface area contributed by atoms with Crippen LogP contribution in [0.5, 0.6) is 0 Å². The number of carbonyl (C=O) groups excluding carboxylic acids is 2. The van der Waals surface area contributed by atoms with Crippen LogP contribution >= 0.6 is 23.7 Å². The van der Waals surface area contributed by atoms with Gasteiger partial charge in [0.05, 0.1) is 24.7 Å². The van der Waals surface area contributed by atoms with E-state index in [-0.39, 0.29) is 44.0 Å². The first-order chi connectivity index (χ1) is 12.5. The molecule has 27 heavy (non-hydrogen) atoms. The smallest absolute Gasteiger partial charge is 0.261 e. The summed E-state index contributed by atoms with van der Waals surface area (Å²) in [6.07, 6.45) is 2.04. The van der Waals surface area contributed by atoms with Crippen molar-refractivity contribution in [3.05, 3.63) is 21.4 Å². The summed E-state index contributed by atoms with van der Waals surface area (Å²) in [7, 11) is 0. The number of nitrogens with zero attached hydrogens (tertiary/aromatic N) is 1. The molecule has 10 heteroatoms. The highest BCUT2D eigenvalue weighted by Gasteiger charge is 2.43. The summed E-state index contributed by atoms with van der Waals surface area (Å²) >= 11 is 1.43. The van der Waals surface area contributed by atoms with Crippen molar-refractivity contribution >= 4 is 35.6 Å². The quantitative estimate of drug-likeness (QED) is 0.514. The number of hydrogen-bond acceptors (Lipinski definition) is 7. The van der Waals surface area contributed by atoms with Crippen LogP contribution in [0.2, 0.25) is 0 Å². The topological polar surface area (TPSA) is 125 Å². The number of nitrogens with two attached hydrogens (primary N) is 1. The fraction of sp³-hybridized carbons (Fsp3) is 0.647. The highest BCUT2D eigenvalue weighted by molar-refractivity contribution is 7.14. The molecule has 3 heterocycles. The summed E-state index contributed by atoms with van der Waals surface area (Å²) in [5.41, 5.74) is 6.30. The van der Waals surface area contributed by atoms with Crippen molar-refractivity contribution in [1.29, 1.82) is 0 Å². The second-order valence-electron chi connectivity index (χ2n) is 6.65. The Kier molecular flexibility index (Phi) is 7.61. The number of fused-ring (bicyclic) bond motifs is 2. The zero-order valence-electron chi connectivity index (χ0n) is 15.0. The number of ether oxygens (including phenoxy) is 1. The lowest BCUT2D eigenvalue weighted by atomic mass is 9.85. The highest BCUT2D eigenvalue weighted by atomic mass is 35.5. The molecule has 5 N–H and O–H groups in total. The van der Waals surface area contributed by atoms with Gasteiger partial charge in [-0.1, -0.05) is 0 Å². The summed E-state index contributed by atoms with van der Waals surface area (Å²) in [5.74, 6) is -0.427. The van der Waals surface area contributed by atoms with E-state index in [9.17, 15) is 9.59 Å². The summed E-state index contributed by atoms with van der Waals surface area (Å²) in [6, 6.07) is 1.03. The first-order valence-electron chi connectivity index (χ1n) is 8.82. The molecule has 2 aliphatic heterocycles. The number of thiophene rings is 1. The Labute approximate surface area is 168 Å². The Morgan fingerprint density at radius 1 is 1.37 bits per heavy atom. The van der Waals surface area contributed by atoms with Crippen molar-refractivity contribution in [3.63, 3.8) is 0 Å². The lowest BCUT2D eigenvalue weighted by Crippen LogP contribution is -2.52. The van der Waals surface area contributed by atoms with Gasteiger partial charge in [-0.3, -0.25) is 9.59 Å². The number of carbonyl (C=O) groups is 2. The Morgan fingerprint density at radius 2 is 2.07 bits per heavy atom. The lowest BCUT2D eigenvalue weighted by Gasteiger charge is -2.44. The molecule has 1 spiro atoms. The minimum absolute atomic E-state index is 0. The van der Waals surface area contributed by atoms with Gasteiger partial charge in [-0.15, -0.1) is 23.7 Å². The van der Waals surface area contributed by atoms with Crippen LogP contribution in [0.4, 0.5) is 0 Å². The molecule has 1 fully saturated rings. The molecule has 3 rings (SSSR count). The van der Waals surface area contributed by atoms with Crippen LogP contribution in [-0.2, 0) is 21.6 Å². The van der Waals surface area contributed by atoms with Gasteiger partial charge < -0.3 is 30.9 Å². The maximum Gasteiger partial charge on any atom is 0.261 e. The third-order valence-corrected chi connectivity index (χ3v) is 6.35. The van der Waals surface area contributed by atoms with E-state index in [2.05, 4.69) is 5.32 Å². The van der Waals surface area contributed by atoms with Crippen molar-refractivity contribution in [1.82, 2.24) is 10.2 Å². The fourth-order valence-electron chi connectivity index (χ4n) is 3.56. The molecule has 2 aliphatic rings. The number of aliphatic hydroxyl groups is 2. The molecule has 0 bridgehead atoms. The molecule has 0 unspecified atom stereocenters. The maximum absolute atomic E-state index is 12.2. The van der Waals surface area contributed by atoms with Crippen molar-refractivity contribution in [2.45, 2.75) is 30.9 Å².